The van der Waals surface area contributed by atoms with Crippen LogP contribution in [0.25, 0.3) is 11.4 Å². The molecule has 2 aromatic heterocycles. The third-order valence-electron chi connectivity index (χ3n) is 3.82. The molecule has 0 spiro atoms. The third kappa shape index (κ3) is 5.55. The normalized spacial score (nSPS) is 10.4. The first-order valence-electron chi connectivity index (χ1n) is 8.61. The van der Waals surface area contributed by atoms with Crippen molar-refractivity contribution >= 4 is 28.9 Å². The molecule has 1 amide bonds. The molecular weight excluding hydrogens is 398 g/mol. The molecule has 0 unspecified atom stereocenters. The lowest BCUT2D eigenvalue weighted by molar-refractivity contribution is -0.147. The molecule has 2 heterocycles. The number of esters is 1. The summed E-state index contributed by atoms with van der Waals surface area (Å²) in [5, 5.41) is 10.3. The molecule has 9 nitrogen and oxygen atoms in total. The van der Waals surface area contributed by atoms with E-state index in [1.165, 1.54) is 25.6 Å². The Morgan fingerprint density at radius 2 is 2.00 bits per heavy atom. The average molecular weight is 417 g/mol. The number of hydrogen-bond donors (Lipinski definition) is 1. The second-order valence-electron chi connectivity index (χ2n) is 5.80. The number of nitrogens with one attached hydrogen (secondary N) is 1. The van der Waals surface area contributed by atoms with Crippen LogP contribution in [0, 0.1) is 0 Å². The molecule has 0 atom stereocenters. The van der Waals surface area contributed by atoms with Crippen molar-refractivity contribution < 1.29 is 28.3 Å². The second kappa shape index (κ2) is 9.69. The molecule has 29 heavy (non-hydrogen) atoms. The van der Waals surface area contributed by atoms with Gasteiger partial charge in [0.1, 0.15) is 0 Å². The van der Waals surface area contributed by atoms with Gasteiger partial charge in [-0.2, -0.15) is 16.3 Å². The predicted octanol–water partition coefficient (Wildman–Crippen LogP) is 2.93. The number of amides is 1. The maximum Gasteiger partial charge on any atom is 0.306 e. The summed E-state index contributed by atoms with van der Waals surface area (Å²) < 4.78 is 20.4. The van der Waals surface area contributed by atoms with Crippen molar-refractivity contribution in [2.75, 3.05) is 26.1 Å². The van der Waals surface area contributed by atoms with Crippen LogP contribution in [0.4, 0.5) is 5.69 Å². The molecule has 0 fully saturated rings. The molecule has 1 N–H and O–H groups in total. The van der Waals surface area contributed by atoms with Crippen molar-refractivity contribution in [3.8, 4) is 22.9 Å². The summed E-state index contributed by atoms with van der Waals surface area (Å²) in [6, 6.07) is 6.81. The van der Waals surface area contributed by atoms with Crippen LogP contribution in [-0.2, 0) is 20.7 Å². The molecule has 0 radical (unpaired) electrons. The van der Waals surface area contributed by atoms with E-state index in [0.29, 0.717) is 28.9 Å². The van der Waals surface area contributed by atoms with Gasteiger partial charge in [-0.25, -0.2) is 0 Å². The highest BCUT2D eigenvalue weighted by Gasteiger charge is 2.13. The number of thiophene rings is 1. The van der Waals surface area contributed by atoms with Crippen LogP contribution >= 0.6 is 11.3 Å². The SMILES string of the molecule is COc1ccc(NC(=O)COC(=O)CCc2nc(-c3ccsc3)no2)cc1OC. The number of benzene rings is 1. The van der Waals surface area contributed by atoms with Gasteiger partial charge in [0, 0.05) is 29.1 Å². The van der Waals surface area contributed by atoms with E-state index in [4.69, 9.17) is 18.7 Å². The van der Waals surface area contributed by atoms with Crippen LogP contribution in [0.1, 0.15) is 12.3 Å². The number of aromatic nitrogens is 2. The van der Waals surface area contributed by atoms with Gasteiger partial charge < -0.3 is 24.1 Å². The van der Waals surface area contributed by atoms with E-state index < -0.39 is 18.5 Å². The number of carbonyl (C=O) groups excluding carboxylic acids is 2. The third-order valence-corrected chi connectivity index (χ3v) is 4.51. The van der Waals surface area contributed by atoms with E-state index in [-0.39, 0.29) is 12.8 Å². The number of anilines is 1. The summed E-state index contributed by atoms with van der Waals surface area (Å²) in [6.07, 6.45) is 0.252. The van der Waals surface area contributed by atoms with Crippen molar-refractivity contribution in [2.24, 2.45) is 0 Å². The molecular formula is C19H19N3O6S. The summed E-state index contributed by atoms with van der Waals surface area (Å²) in [6.45, 7) is -0.406. The standard InChI is InChI=1S/C19H19N3O6S/c1-25-14-4-3-13(9-15(14)26-2)20-16(23)10-27-18(24)6-5-17-21-19(22-28-17)12-7-8-29-11-12/h3-4,7-9,11H,5-6,10H2,1-2H3,(H,20,23). The lowest BCUT2D eigenvalue weighted by atomic mass is 10.2. The summed E-state index contributed by atoms with van der Waals surface area (Å²) in [7, 11) is 3.02. The highest BCUT2D eigenvalue weighted by Crippen LogP contribution is 2.29. The van der Waals surface area contributed by atoms with Gasteiger partial charge in [-0.05, 0) is 23.6 Å². The Hall–Kier alpha value is -3.40. The van der Waals surface area contributed by atoms with E-state index in [2.05, 4.69) is 15.5 Å². The topological polar surface area (TPSA) is 113 Å². The number of hydrogen-bond acceptors (Lipinski definition) is 9. The van der Waals surface area contributed by atoms with E-state index in [9.17, 15) is 9.59 Å². The Labute approximate surface area is 170 Å². The monoisotopic (exact) mass is 417 g/mol. The number of aryl methyl sites for hydroxylation is 1. The lowest BCUT2D eigenvalue weighted by Crippen LogP contribution is -2.21. The zero-order valence-electron chi connectivity index (χ0n) is 15.8. The summed E-state index contributed by atoms with van der Waals surface area (Å²) >= 11 is 1.53. The molecule has 0 bridgehead atoms. The zero-order valence-corrected chi connectivity index (χ0v) is 16.7. The number of rotatable bonds is 9. The first kappa shape index (κ1) is 20.3. The molecule has 3 aromatic rings. The Balaban J connectivity index is 1.43. The minimum atomic E-state index is -0.539. The van der Waals surface area contributed by atoms with Gasteiger partial charge in [0.15, 0.2) is 18.1 Å². The molecule has 3 rings (SSSR count). The van der Waals surface area contributed by atoms with E-state index in [0.717, 1.165) is 5.56 Å². The van der Waals surface area contributed by atoms with Crippen LogP contribution in [0.3, 0.4) is 0 Å². The Morgan fingerprint density at radius 3 is 2.72 bits per heavy atom. The fraction of sp³-hybridized carbons (Fsp3) is 0.263. The van der Waals surface area contributed by atoms with Gasteiger partial charge in [-0.15, -0.1) is 0 Å². The largest absolute Gasteiger partial charge is 0.493 e. The Bertz CT molecular complexity index is 970. The van der Waals surface area contributed by atoms with Crippen molar-refractivity contribution in [2.45, 2.75) is 12.8 Å². The average Bonchev–Trinajstić information content (AvgIpc) is 3.42. The van der Waals surface area contributed by atoms with E-state index in [1.807, 2.05) is 16.8 Å². The fourth-order valence-electron chi connectivity index (χ4n) is 2.40. The fourth-order valence-corrected chi connectivity index (χ4v) is 3.04. The molecule has 0 aliphatic rings. The Morgan fingerprint density at radius 1 is 1.17 bits per heavy atom. The van der Waals surface area contributed by atoms with Crippen molar-refractivity contribution in [1.29, 1.82) is 0 Å². The minimum absolute atomic E-state index is 0.0227. The van der Waals surface area contributed by atoms with E-state index >= 15 is 0 Å². The first-order valence-corrected chi connectivity index (χ1v) is 9.56. The van der Waals surface area contributed by atoms with Crippen LogP contribution in [-0.4, -0.2) is 42.8 Å². The van der Waals surface area contributed by atoms with Gasteiger partial charge in [0.25, 0.3) is 5.91 Å². The van der Waals surface area contributed by atoms with Gasteiger partial charge in [-0.3, -0.25) is 9.59 Å². The highest BCUT2D eigenvalue weighted by molar-refractivity contribution is 7.08. The molecule has 10 heteroatoms. The molecule has 0 aliphatic carbocycles. The van der Waals surface area contributed by atoms with Crippen LogP contribution < -0.4 is 14.8 Å². The summed E-state index contributed by atoms with van der Waals surface area (Å²) in [4.78, 5) is 28.1. The van der Waals surface area contributed by atoms with Gasteiger partial charge in [-0.1, -0.05) is 5.16 Å². The first-order chi connectivity index (χ1) is 14.1. The van der Waals surface area contributed by atoms with Crippen molar-refractivity contribution in [3.63, 3.8) is 0 Å². The summed E-state index contributed by atoms with van der Waals surface area (Å²) in [5.41, 5.74) is 1.36. The molecule has 0 saturated heterocycles. The van der Waals surface area contributed by atoms with Crippen LogP contribution in [0.15, 0.2) is 39.5 Å². The van der Waals surface area contributed by atoms with Gasteiger partial charge in [0.05, 0.1) is 20.6 Å². The smallest absolute Gasteiger partial charge is 0.306 e. The minimum Gasteiger partial charge on any atom is -0.493 e. The van der Waals surface area contributed by atoms with Gasteiger partial charge >= 0.3 is 5.97 Å². The quantitative estimate of drug-likeness (QED) is 0.529. The van der Waals surface area contributed by atoms with Crippen molar-refractivity contribution in [1.82, 2.24) is 10.1 Å². The van der Waals surface area contributed by atoms with Crippen molar-refractivity contribution in [3.05, 3.63) is 40.9 Å². The van der Waals surface area contributed by atoms with Gasteiger partial charge in [0.2, 0.25) is 11.7 Å². The predicted molar refractivity (Wildman–Crippen MR) is 105 cm³/mol. The molecule has 0 saturated carbocycles. The maximum atomic E-state index is 12.0. The van der Waals surface area contributed by atoms with E-state index in [1.54, 1.807) is 18.2 Å². The lowest BCUT2D eigenvalue weighted by Gasteiger charge is -2.10. The molecule has 1 aromatic carbocycles. The number of carbonyl (C=O) groups is 2. The Kier molecular flexibility index (Phi) is 6.80. The maximum absolute atomic E-state index is 12.0. The van der Waals surface area contributed by atoms with Crippen LogP contribution in [0.2, 0.25) is 0 Å². The number of nitrogens with zero attached hydrogens (tertiary/aromatic N) is 2. The zero-order chi connectivity index (χ0) is 20.6. The summed E-state index contributed by atoms with van der Waals surface area (Å²) in [5.74, 6) is 0.816. The number of ether oxygens (including phenoxy) is 3. The highest BCUT2D eigenvalue weighted by atomic mass is 32.1. The number of methoxy groups -OCH3 is 2. The second-order valence-corrected chi connectivity index (χ2v) is 6.58. The molecule has 152 valence electrons. The van der Waals surface area contributed by atoms with Crippen LogP contribution in [0.5, 0.6) is 11.5 Å². The molecule has 0 aliphatic heterocycles.